The molecule has 1 aliphatic rings. The molecule has 0 unspecified atom stereocenters. The number of fused-ring (bicyclic) bond motifs is 2. The zero-order valence-electron chi connectivity index (χ0n) is 25.9. The van der Waals surface area contributed by atoms with Gasteiger partial charge in [0.2, 0.25) is 0 Å². The number of pyridine rings is 1. The maximum atomic E-state index is 12.1. The van der Waals surface area contributed by atoms with E-state index in [0.717, 1.165) is 17.5 Å². The van der Waals surface area contributed by atoms with Crippen LogP contribution in [-0.4, -0.2) is 65.1 Å². The molecular weight excluding hydrogens is 667 g/mol. The van der Waals surface area contributed by atoms with Crippen LogP contribution in [0, 0.1) is 10.1 Å². The van der Waals surface area contributed by atoms with E-state index in [-0.39, 0.29) is 37.9 Å². The van der Waals surface area contributed by atoms with Crippen molar-refractivity contribution >= 4 is 82.6 Å². The molecule has 5 rings (SSSR count). The number of aromatic nitrogens is 2. The summed E-state index contributed by atoms with van der Waals surface area (Å²) >= 11 is 1.17. The number of aryl methyl sites for hydroxylation is 1. The van der Waals surface area contributed by atoms with E-state index in [2.05, 4.69) is 20.1 Å². The molecule has 0 bridgehead atoms. The number of nitrogens with zero attached hydrogens (tertiary/aromatic N) is 7. The molecule has 48 heavy (non-hydrogen) atoms. The van der Waals surface area contributed by atoms with Crippen molar-refractivity contribution < 1.29 is 41.7 Å². The van der Waals surface area contributed by atoms with E-state index in [1.807, 2.05) is 25.2 Å². The van der Waals surface area contributed by atoms with Crippen LogP contribution in [0.1, 0.15) is 44.9 Å². The van der Waals surface area contributed by atoms with Crippen molar-refractivity contribution in [1.29, 1.82) is 0 Å². The second-order valence-corrected chi connectivity index (χ2v) is 13.6. The number of nitro benzene ring substituents is 1. The molecule has 4 aromatic rings. The minimum absolute atomic E-state index is 0.0505. The average Bonchev–Trinajstić information content (AvgIpc) is 3.56. The Hall–Kier alpha value is -4.94. The van der Waals surface area contributed by atoms with Gasteiger partial charge in [0.1, 0.15) is 16.7 Å². The summed E-state index contributed by atoms with van der Waals surface area (Å²) in [7, 11) is -2.24. The lowest BCUT2D eigenvalue weighted by Crippen LogP contribution is -2.33. The van der Waals surface area contributed by atoms with Crippen LogP contribution >= 0.6 is 11.3 Å². The number of unbranched alkanes of at least 4 members (excludes halogenated alkanes) is 2. The van der Waals surface area contributed by atoms with Crippen LogP contribution in [0.2, 0.25) is 0 Å². The van der Waals surface area contributed by atoms with Gasteiger partial charge in [0.05, 0.1) is 27.0 Å². The number of carbonyl (C=O) groups is 3. The van der Waals surface area contributed by atoms with Crippen LogP contribution in [0.25, 0.3) is 21.1 Å². The first-order valence-electron chi connectivity index (χ1n) is 15.0. The zero-order chi connectivity index (χ0) is 34.4. The SMILES string of the molecule is CN(CCCCCC(=O)ON1C(=O)CCC1=O)c1ccc(N=Nc2sc3cc([N+](=O)[O-])ccc3[n+]2CCCS(=O)(=O)O)c2ncccc12. The summed E-state index contributed by atoms with van der Waals surface area (Å²) in [4.78, 5) is 57.6. The van der Waals surface area contributed by atoms with Gasteiger partial charge in [0, 0.05) is 68.7 Å². The molecule has 2 aromatic heterocycles. The average molecular weight is 699 g/mol. The second-order valence-electron chi connectivity index (χ2n) is 11.1. The Morgan fingerprint density at radius 1 is 1.12 bits per heavy atom. The molecule has 0 aliphatic carbocycles. The summed E-state index contributed by atoms with van der Waals surface area (Å²) in [6.45, 7) is 0.841. The maximum absolute atomic E-state index is 12.1. The number of hydrogen-bond acceptors (Lipinski definition) is 13. The Balaban J connectivity index is 1.28. The van der Waals surface area contributed by atoms with Gasteiger partial charge in [-0.05, 0) is 59.6 Å². The molecule has 16 nitrogen and oxygen atoms in total. The topological polar surface area (TPSA) is 206 Å². The highest BCUT2D eigenvalue weighted by Gasteiger charge is 2.32. The van der Waals surface area contributed by atoms with E-state index in [4.69, 9.17) is 4.84 Å². The van der Waals surface area contributed by atoms with Crippen LogP contribution in [0.3, 0.4) is 0 Å². The molecule has 0 radical (unpaired) electrons. The number of nitro groups is 1. The van der Waals surface area contributed by atoms with Crippen LogP contribution in [-0.2, 0) is 35.9 Å². The van der Waals surface area contributed by atoms with Gasteiger partial charge in [0.25, 0.3) is 27.6 Å². The molecule has 18 heteroatoms. The summed E-state index contributed by atoms with van der Waals surface area (Å²) in [6.07, 6.45) is 3.93. The highest BCUT2D eigenvalue weighted by atomic mass is 32.2. The summed E-state index contributed by atoms with van der Waals surface area (Å²) in [5.74, 6) is -2.08. The van der Waals surface area contributed by atoms with Crippen molar-refractivity contribution in [2.45, 2.75) is 51.5 Å². The quantitative estimate of drug-likeness (QED) is 0.0335. The number of hydrogen-bond donors (Lipinski definition) is 1. The molecular formula is C30H32N7O9S2+. The van der Waals surface area contributed by atoms with Gasteiger partial charge in [-0.1, -0.05) is 6.42 Å². The van der Waals surface area contributed by atoms with E-state index >= 15 is 0 Å². The molecule has 0 saturated carbocycles. The number of amides is 2. The van der Waals surface area contributed by atoms with E-state index in [0.29, 0.717) is 51.0 Å². The van der Waals surface area contributed by atoms with Gasteiger partial charge in [-0.2, -0.15) is 8.42 Å². The number of non-ortho nitro benzene ring substituents is 1. The number of hydroxylamine groups is 2. The number of thiazole rings is 1. The summed E-state index contributed by atoms with van der Waals surface area (Å²) in [6, 6.07) is 11.8. The third-order valence-electron chi connectivity index (χ3n) is 7.61. The van der Waals surface area contributed by atoms with E-state index in [9.17, 15) is 37.5 Å². The van der Waals surface area contributed by atoms with Crippen molar-refractivity contribution in [3.63, 3.8) is 0 Å². The molecule has 3 heterocycles. The number of anilines is 1. The van der Waals surface area contributed by atoms with E-state index in [1.165, 1.54) is 23.5 Å². The number of rotatable bonds is 15. The number of azo groups is 1. The van der Waals surface area contributed by atoms with Crippen molar-refractivity contribution in [3.05, 3.63) is 58.8 Å². The second kappa shape index (κ2) is 14.9. The van der Waals surface area contributed by atoms with Gasteiger partial charge in [-0.15, -0.1) is 5.06 Å². The number of benzene rings is 2. The Kier molecular flexibility index (Phi) is 10.7. The summed E-state index contributed by atoms with van der Waals surface area (Å²) in [5.41, 5.74) is 2.49. The van der Waals surface area contributed by atoms with Gasteiger partial charge < -0.3 is 9.74 Å². The van der Waals surface area contributed by atoms with Gasteiger partial charge in [-0.25, -0.2) is 9.36 Å². The van der Waals surface area contributed by atoms with Gasteiger partial charge >= 0.3 is 11.1 Å². The highest BCUT2D eigenvalue weighted by Crippen LogP contribution is 2.35. The number of carbonyl (C=O) groups excluding carboxylic acids is 3. The first kappa shape index (κ1) is 34.4. The van der Waals surface area contributed by atoms with Gasteiger partial charge in [0.15, 0.2) is 0 Å². The lowest BCUT2D eigenvalue weighted by atomic mass is 10.1. The molecule has 252 valence electrons. The summed E-state index contributed by atoms with van der Waals surface area (Å²) in [5, 5.41) is 22.0. The minimum atomic E-state index is -4.18. The molecule has 2 aromatic carbocycles. The molecule has 2 amide bonds. The monoisotopic (exact) mass is 698 g/mol. The molecule has 0 atom stereocenters. The fourth-order valence-corrected chi connectivity index (χ4v) is 6.78. The van der Waals surface area contributed by atoms with Gasteiger partial charge in [-0.3, -0.25) is 29.2 Å². The third kappa shape index (κ3) is 8.31. The summed E-state index contributed by atoms with van der Waals surface area (Å²) < 4.78 is 34.1. The van der Waals surface area contributed by atoms with Crippen molar-refractivity contribution in [2.75, 3.05) is 24.2 Å². The maximum Gasteiger partial charge on any atom is 0.409 e. The molecule has 0 spiro atoms. The molecule has 1 fully saturated rings. The molecule has 1 aliphatic heterocycles. The highest BCUT2D eigenvalue weighted by molar-refractivity contribution is 7.85. The van der Waals surface area contributed by atoms with Crippen LogP contribution in [0.4, 0.5) is 22.2 Å². The van der Waals surface area contributed by atoms with E-state index < -0.39 is 38.6 Å². The lowest BCUT2D eigenvalue weighted by Gasteiger charge is -2.21. The minimum Gasteiger partial charge on any atom is -0.374 e. The normalized spacial score (nSPS) is 13.7. The third-order valence-corrected chi connectivity index (χ3v) is 9.45. The predicted molar refractivity (Wildman–Crippen MR) is 175 cm³/mol. The molecule has 1 N–H and O–H groups in total. The van der Waals surface area contributed by atoms with Crippen LogP contribution < -0.4 is 9.47 Å². The molecule has 1 saturated heterocycles. The lowest BCUT2D eigenvalue weighted by molar-refractivity contribution is -0.654. The smallest absolute Gasteiger partial charge is 0.374 e. The van der Waals surface area contributed by atoms with E-state index in [1.54, 1.807) is 22.9 Å². The van der Waals surface area contributed by atoms with Crippen molar-refractivity contribution in [1.82, 2.24) is 10.0 Å². The number of imide groups is 1. The zero-order valence-corrected chi connectivity index (χ0v) is 27.5. The van der Waals surface area contributed by atoms with Crippen molar-refractivity contribution in [3.8, 4) is 0 Å². The fourth-order valence-electron chi connectivity index (χ4n) is 5.25. The Labute approximate surface area is 278 Å². The Morgan fingerprint density at radius 3 is 2.62 bits per heavy atom. The first-order valence-corrected chi connectivity index (χ1v) is 17.5. The van der Waals surface area contributed by atoms with Crippen LogP contribution in [0.5, 0.6) is 0 Å². The first-order chi connectivity index (χ1) is 22.9. The standard InChI is InChI=1S/C30H31N7O9S2/c1-34(16-4-2-3-8-28(40)46-36-26(38)13-14-27(36)39)23-12-10-22(29-21(23)7-5-15-31-29)32-33-30-35(17-6-18-48(43,44)45)24-11-9-20(37(41)42)19-25(24)47-30/h5,7,9-12,15,19H,2-4,6,8,13-14,16-18H2,1H3/p+1. The van der Waals surface area contributed by atoms with Crippen molar-refractivity contribution in [2.24, 2.45) is 10.2 Å². The fraction of sp³-hybridized carbons (Fsp3) is 0.367. The Morgan fingerprint density at radius 2 is 1.90 bits per heavy atom. The Bertz CT molecular complexity index is 2020. The van der Waals surface area contributed by atoms with Crippen LogP contribution in [0.15, 0.2) is 58.9 Å². The predicted octanol–water partition coefficient (Wildman–Crippen LogP) is 4.94. The largest absolute Gasteiger partial charge is 0.409 e.